The van der Waals surface area contributed by atoms with Crippen molar-refractivity contribution in [1.82, 2.24) is 10.2 Å². The van der Waals surface area contributed by atoms with Gasteiger partial charge >= 0.3 is 0 Å². The van der Waals surface area contributed by atoms with E-state index in [1.54, 1.807) is 14.2 Å². The minimum atomic E-state index is 0. The predicted molar refractivity (Wildman–Crippen MR) is 115 cm³/mol. The minimum Gasteiger partial charge on any atom is -0.493 e. The maximum atomic E-state index is 6.06. The summed E-state index contributed by atoms with van der Waals surface area (Å²) in [5.41, 5.74) is 7.12. The van der Waals surface area contributed by atoms with Gasteiger partial charge < -0.3 is 30.2 Å². The largest absolute Gasteiger partial charge is 0.493 e. The van der Waals surface area contributed by atoms with Crippen molar-refractivity contribution in [2.24, 2.45) is 10.7 Å². The Kier molecular flexibility index (Phi) is 9.45. The predicted octanol–water partition coefficient (Wildman–Crippen LogP) is 1.84. The van der Waals surface area contributed by atoms with Crippen LogP contribution in [0.25, 0.3) is 0 Å². The van der Waals surface area contributed by atoms with Gasteiger partial charge in [0.05, 0.1) is 20.8 Å². The SMILES string of the molecule is COc1ccc(CN=C(N)NCC2(N(C)C)CCOCC2)cc1OC.I. The smallest absolute Gasteiger partial charge is 0.188 e. The van der Waals surface area contributed by atoms with Crippen molar-refractivity contribution in [2.45, 2.75) is 24.9 Å². The molecule has 2 rings (SSSR count). The number of nitrogens with one attached hydrogen (secondary N) is 1. The normalized spacial score (nSPS) is 16.7. The molecule has 0 spiro atoms. The summed E-state index contributed by atoms with van der Waals surface area (Å²) < 4.78 is 16.0. The van der Waals surface area contributed by atoms with Crippen LogP contribution in [0.3, 0.4) is 0 Å². The van der Waals surface area contributed by atoms with Crippen molar-refractivity contribution < 1.29 is 14.2 Å². The molecule has 1 saturated heterocycles. The zero-order chi connectivity index (χ0) is 18.3. The van der Waals surface area contributed by atoms with Crippen molar-refractivity contribution in [3.05, 3.63) is 23.8 Å². The number of aliphatic imine (C=N–C) groups is 1. The van der Waals surface area contributed by atoms with E-state index in [-0.39, 0.29) is 29.5 Å². The summed E-state index contributed by atoms with van der Waals surface area (Å²) in [6, 6.07) is 5.74. The summed E-state index contributed by atoms with van der Waals surface area (Å²) in [6.45, 7) is 2.80. The van der Waals surface area contributed by atoms with Crippen LogP contribution < -0.4 is 20.5 Å². The van der Waals surface area contributed by atoms with Crippen molar-refractivity contribution in [3.8, 4) is 11.5 Å². The molecule has 1 aromatic rings. The first-order valence-electron chi connectivity index (χ1n) is 8.50. The second kappa shape index (κ2) is 10.8. The molecule has 7 nitrogen and oxygen atoms in total. The van der Waals surface area contributed by atoms with Gasteiger partial charge in [-0.2, -0.15) is 0 Å². The fourth-order valence-corrected chi connectivity index (χ4v) is 3.00. The molecule has 0 unspecified atom stereocenters. The topological polar surface area (TPSA) is 81.3 Å². The Morgan fingerprint density at radius 2 is 1.88 bits per heavy atom. The van der Waals surface area contributed by atoms with Crippen molar-refractivity contribution in [2.75, 3.05) is 48.1 Å². The van der Waals surface area contributed by atoms with Crippen molar-refractivity contribution >= 4 is 29.9 Å². The van der Waals surface area contributed by atoms with Gasteiger partial charge in [-0.25, -0.2) is 4.99 Å². The highest BCUT2D eigenvalue weighted by Crippen LogP contribution is 2.28. The Bertz CT molecular complexity index is 590. The van der Waals surface area contributed by atoms with Crippen LogP contribution in [0.2, 0.25) is 0 Å². The Hall–Kier alpha value is -1.26. The molecule has 0 bridgehead atoms. The van der Waals surface area contributed by atoms with Crippen LogP contribution in [0.5, 0.6) is 11.5 Å². The maximum absolute atomic E-state index is 6.06. The van der Waals surface area contributed by atoms with Crippen LogP contribution >= 0.6 is 24.0 Å². The first kappa shape index (κ1) is 22.8. The number of hydrogen-bond donors (Lipinski definition) is 2. The minimum absolute atomic E-state index is 0. The third-order valence-corrected chi connectivity index (χ3v) is 4.85. The van der Waals surface area contributed by atoms with Crippen LogP contribution in [0.4, 0.5) is 0 Å². The van der Waals surface area contributed by atoms with Crippen LogP contribution in [0.1, 0.15) is 18.4 Å². The molecule has 0 saturated carbocycles. The standard InChI is InChI=1S/C18H30N4O3.HI/c1-22(2)18(7-9-25-10-8-18)13-21-17(19)20-12-14-5-6-15(23-3)16(11-14)24-4;/h5-6,11H,7-10,12-13H2,1-4H3,(H3,19,20,21);1H. The van der Waals surface area contributed by atoms with E-state index in [1.807, 2.05) is 18.2 Å². The highest BCUT2D eigenvalue weighted by molar-refractivity contribution is 14.0. The molecule has 1 heterocycles. The van der Waals surface area contributed by atoms with E-state index in [2.05, 4.69) is 29.3 Å². The molecular weight excluding hydrogens is 447 g/mol. The quantitative estimate of drug-likeness (QED) is 0.354. The van der Waals surface area contributed by atoms with Gasteiger partial charge in [0.1, 0.15) is 0 Å². The van der Waals surface area contributed by atoms with E-state index in [4.69, 9.17) is 19.9 Å². The molecule has 0 radical (unpaired) electrons. The summed E-state index contributed by atoms with van der Waals surface area (Å²) in [6.07, 6.45) is 1.96. The highest BCUT2D eigenvalue weighted by Gasteiger charge is 2.34. The highest BCUT2D eigenvalue weighted by atomic mass is 127. The summed E-state index contributed by atoms with van der Waals surface area (Å²) >= 11 is 0. The molecule has 8 heteroatoms. The Balaban J connectivity index is 0.00000338. The summed E-state index contributed by atoms with van der Waals surface area (Å²) in [4.78, 5) is 6.69. The molecule has 0 aromatic heterocycles. The monoisotopic (exact) mass is 478 g/mol. The van der Waals surface area contributed by atoms with Gasteiger partial charge in [0.15, 0.2) is 17.5 Å². The van der Waals surface area contributed by atoms with E-state index in [0.29, 0.717) is 24.0 Å². The molecule has 148 valence electrons. The molecule has 0 amide bonds. The van der Waals surface area contributed by atoms with Gasteiger partial charge in [-0.3, -0.25) is 0 Å². The lowest BCUT2D eigenvalue weighted by molar-refractivity contribution is -0.00495. The van der Waals surface area contributed by atoms with Crippen molar-refractivity contribution in [3.63, 3.8) is 0 Å². The zero-order valence-electron chi connectivity index (χ0n) is 16.1. The van der Waals surface area contributed by atoms with Gasteiger partial charge in [-0.1, -0.05) is 6.07 Å². The lowest BCUT2D eigenvalue weighted by Gasteiger charge is -2.43. The lowest BCUT2D eigenvalue weighted by Crippen LogP contribution is -2.56. The summed E-state index contributed by atoms with van der Waals surface area (Å²) in [5.74, 6) is 1.84. The number of halogens is 1. The number of nitrogens with two attached hydrogens (primary N) is 1. The Morgan fingerprint density at radius 3 is 2.46 bits per heavy atom. The molecule has 3 N–H and O–H groups in total. The number of guanidine groups is 1. The number of benzene rings is 1. The van der Waals surface area contributed by atoms with E-state index in [9.17, 15) is 0 Å². The van der Waals surface area contributed by atoms with Crippen LogP contribution in [0.15, 0.2) is 23.2 Å². The van der Waals surface area contributed by atoms with Gasteiger partial charge in [-0.15, -0.1) is 24.0 Å². The number of likely N-dealkylation sites (N-methyl/N-ethyl adjacent to an activating group) is 1. The molecule has 0 aliphatic carbocycles. The third-order valence-electron chi connectivity index (χ3n) is 4.85. The molecule has 0 atom stereocenters. The summed E-state index contributed by atoms with van der Waals surface area (Å²) in [7, 11) is 7.44. The van der Waals surface area contributed by atoms with E-state index < -0.39 is 0 Å². The average Bonchev–Trinajstić information content (AvgIpc) is 2.65. The molecule has 1 fully saturated rings. The molecule has 1 aromatic carbocycles. The Morgan fingerprint density at radius 1 is 1.23 bits per heavy atom. The molecule has 1 aliphatic heterocycles. The number of rotatable bonds is 7. The number of methoxy groups -OCH3 is 2. The van der Waals surface area contributed by atoms with E-state index >= 15 is 0 Å². The number of nitrogens with zero attached hydrogens (tertiary/aromatic N) is 2. The second-order valence-electron chi connectivity index (χ2n) is 6.48. The van der Waals surface area contributed by atoms with Crippen LogP contribution in [-0.2, 0) is 11.3 Å². The molecular formula is C18H31IN4O3. The van der Waals surface area contributed by atoms with Gasteiger partial charge in [-0.05, 0) is 44.6 Å². The zero-order valence-corrected chi connectivity index (χ0v) is 18.4. The third kappa shape index (κ3) is 5.88. The van der Waals surface area contributed by atoms with E-state index in [1.165, 1.54) is 0 Å². The first-order chi connectivity index (χ1) is 12.0. The Labute approximate surface area is 173 Å². The lowest BCUT2D eigenvalue weighted by atomic mass is 9.88. The fourth-order valence-electron chi connectivity index (χ4n) is 3.00. The average molecular weight is 478 g/mol. The molecule has 1 aliphatic rings. The number of ether oxygens (including phenoxy) is 3. The fraction of sp³-hybridized carbons (Fsp3) is 0.611. The van der Waals surface area contributed by atoms with Crippen molar-refractivity contribution in [1.29, 1.82) is 0 Å². The number of hydrogen-bond acceptors (Lipinski definition) is 5. The van der Waals surface area contributed by atoms with Crippen LogP contribution in [-0.4, -0.2) is 64.5 Å². The van der Waals surface area contributed by atoms with E-state index in [0.717, 1.165) is 38.2 Å². The van der Waals surface area contributed by atoms with Gasteiger partial charge in [0.2, 0.25) is 0 Å². The van der Waals surface area contributed by atoms with Gasteiger partial charge in [0.25, 0.3) is 0 Å². The van der Waals surface area contributed by atoms with Crippen LogP contribution in [0, 0.1) is 0 Å². The van der Waals surface area contributed by atoms with Gasteiger partial charge in [0, 0.05) is 25.3 Å². The second-order valence-corrected chi connectivity index (χ2v) is 6.48. The maximum Gasteiger partial charge on any atom is 0.188 e. The molecule has 26 heavy (non-hydrogen) atoms. The summed E-state index contributed by atoms with van der Waals surface area (Å²) in [5, 5.41) is 3.27. The first-order valence-corrected chi connectivity index (χ1v) is 8.50.